The highest BCUT2D eigenvalue weighted by atomic mass is 35.5. The van der Waals surface area contributed by atoms with Gasteiger partial charge in [-0.1, -0.05) is 11.6 Å². The fourth-order valence-corrected chi connectivity index (χ4v) is 2.59. The molecule has 0 radical (unpaired) electrons. The second-order valence-corrected chi connectivity index (χ2v) is 4.46. The molecule has 0 amide bonds. The fraction of sp³-hybridized carbons (Fsp3) is 0.333. The SMILES string of the molecule is COc1cc2c(cc1OC)C1C(Cl)=NC=NC1N2. The molecule has 18 heavy (non-hydrogen) atoms. The van der Waals surface area contributed by atoms with Gasteiger partial charge in [0.1, 0.15) is 17.7 Å². The van der Waals surface area contributed by atoms with Crippen molar-refractivity contribution in [3.63, 3.8) is 0 Å². The van der Waals surface area contributed by atoms with E-state index in [1.807, 2.05) is 12.1 Å². The van der Waals surface area contributed by atoms with Gasteiger partial charge in [0.15, 0.2) is 11.5 Å². The molecule has 2 atom stereocenters. The Balaban J connectivity index is 2.11. The zero-order valence-corrected chi connectivity index (χ0v) is 10.7. The average Bonchev–Trinajstić information content (AvgIpc) is 2.75. The maximum Gasteiger partial charge on any atom is 0.162 e. The number of ether oxygens (including phenoxy) is 2. The van der Waals surface area contributed by atoms with Gasteiger partial charge in [-0.05, 0) is 11.6 Å². The van der Waals surface area contributed by atoms with Crippen molar-refractivity contribution in [2.75, 3.05) is 19.5 Å². The Bertz CT molecular complexity index is 556. The lowest BCUT2D eigenvalue weighted by Gasteiger charge is -2.17. The molecule has 1 aromatic rings. The lowest BCUT2D eigenvalue weighted by Crippen LogP contribution is -2.25. The van der Waals surface area contributed by atoms with Crippen LogP contribution >= 0.6 is 11.6 Å². The smallest absolute Gasteiger partial charge is 0.162 e. The van der Waals surface area contributed by atoms with Crippen LogP contribution < -0.4 is 14.8 Å². The van der Waals surface area contributed by atoms with Gasteiger partial charge in [0.2, 0.25) is 0 Å². The Morgan fingerprint density at radius 3 is 2.67 bits per heavy atom. The minimum atomic E-state index is -0.0955. The van der Waals surface area contributed by atoms with Gasteiger partial charge in [-0.15, -0.1) is 0 Å². The van der Waals surface area contributed by atoms with E-state index in [4.69, 9.17) is 21.1 Å². The first-order valence-corrected chi connectivity index (χ1v) is 5.89. The summed E-state index contributed by atoms with van der Waals surface area (Å²) in [5, 5.41) is 3.83. The summed E-state index contributed by atoms with van der Waals surface area (Å²) in [5.41, 5.74) is 1.98. The van der Waals surface area contributed by atoms with E-state index >= 15 is 0 Å². The lowest BCUT2D eigenvalue weighted by molar-refractivity contribution is 0.355. The monoisotopic (exact) mass is 265 g/mol. The maximum atomic E-state index is 6.16. The number of benzene rings is 1. The number of methoxy groups -OCH3 is 2. The minimum absolute atomic E-state index is 0.0496. The summed E-state index contributed by atoms with van der Waals surface area (Å²) in [6, 6.07) is 3.82. The molecule has 5 nitrogen and oxygen atoms in total. The van der Waals surface area contributed by atoms with Crippen LogP contribution in [0.2, 0.25) is 0 Å². The van der Waals surface area contributed by atoms with Crippen molar-refractivity contribution in [2.24, 2.45) is 9.98 Å². The molecule has 1 aromatic carbocycles. The van der Waals surface area contributed by atoms with Crippen LogP contribution in [0.25, 0.3) is 0 Å². The Labute approximate surface area is 109 Å². The number of hydrogen-bond donors (Lipinski definition) is 1. The third kappa shape index (κ3) is 1.54. The Hall–Kier alpha value is -1.75. The standard InChI is InChI=1S/C12H12ClN3O2/c1-17-8-3-6-7(4-9(8)18-2)16-12-10(6)11(13)14-5-15-12/h3-5,10,12,16H,1-2H3. The fourth-order valence-electron chi connectivity index (χ4n) is 2.31. The number of hydrogen-bond acceptors (Lipinski definition) is 5. The van der Waals surface area contributed by atoms with E-state index in [0.717, 1.165) is 11.3 Å². The van der Waals surface area contributed by atoms with Crippen LogP contribution in [0.1, 0.15) is 11.5 Å². The van der Waals surface area contributed by atoms with Crippen molar-refractivity contribution < 1.29 is 9.47 Å². The molecule has 94 valence electrons. The number of fused-ring (bicyclic) bond motifs is 3. The van der Waals surface area contributed by atoms with E-state index in [1.54, 1.807) is 14.2 Å². The molecule has 0 aromatic heterocycles. The molecule has 6 heteroatoms. The van der Waals surface area contributed by atoms with E-state index in [0.29, 0.717) is 16.7 Å². The molecule has 0 bridgehead atoms. The first-order valence-electron chi connectivity index (χ1n) is 5.52. The van der Waals surface area contributed by atoms with Gasteiger partial charge in [-0.3, -0.25) is 0 Å². The van der Waals surface area contributed by atoms with Gasteiger partial charge in [-0.2, -0.15) is 0 Å². The van der Waals surface area contributed by atoms with Gasteiger partial charge in [0.25, 0.3) is 0 Å². The Morgan fingerprint density at radius 1 is 1.22 bits per heavy atom. The molecule has 0 saturated heterocycles. The van der Waals surface area contributed by atoms with E-state index in [2.05, 4.69) is 15.3 Å². The number of rotatable bonds is 2. The van der Waals surface area contributed by atoms with Crippen molar-refractivity contribution >= 4 is 28.8 Å². The van der Waals surface area contributed by atoms with E-state index in [9.17, 15) is 0 Å². The molecule has 2 heterocycles. The van der Waals surface area contributed by atoms with Crippen molar-refractivity contribution in [2.45, 2.75) is 12.1 Å². The van der Waals surface area contributed by atoms with Gasteiger partial charge in [0, 0.05) is 11.8 Å². The molecule has 0 spiro atoms. The summed E-state index contributed by atoms with van der Waals surface area (Å²) in [7, 11) is 3.22. The highest BCUT2D eigenvalue weighted by molar-refractivity contribution is 6.67. The van der Waals surface area contributed by atoms with E-state index < -0.39 is 0 Å². The molecule has 0 fully saturated rings. The number of nitrogens with zero attached hydrogens (tertiary/aromatic N) is 2. The first-order chi connectivity index (χ1) is 8.74. The summed E-state index contributed by atoms with van der Waals surface area (Å²) in [4.78, 5) is 8.33. The quantitative estimate of drug-likeness (QED) is 0.892. The van der Waals surface area contributed by atoms with Gasteiger partial charge in [0.05, 0.1) is 20.1 Å². The van der Waals surface area contributed by atoms with Crippen LogP contribution in [0.5, 0.6) is 11.5 Å². The highest BCUT2D eigenvalue weighted by Gasteiger charge is 2.37. The van der Waals surface area contributed by atoms with Crippen LogP contribution in [0, 0.1) is 0 Å². The molecule has 2 aliphatic heterocycles. The molecule has 2 unspecified atom stereocenters. The summed E-state index contributed by atoms with van der Waals surface area (Å²) >= 11 is 6.16. The Kier molecular flexibility index (Phi) is 2.63. The summed E-state index contributed by atoms with van der Waals surface area (Å²) in [5.74, 6) is 1.31. The van der Waals surface area contributed by atoms with Crippen molar-refractivity contribution in [3.05, 3.63) is 17.7 Å². The maximum absolute atomic E-state index is 6.16. The van der Waals surface area contributed by atoms with Crippen molar-refractivity contribution in [1.29, 1.82) is 0 Å². The third-order valence-corrected chi connectivity index (χ3v) is 3.51. The first kappa shape index (κ1) is 11.3. The topological polar surface area (TPSA) is 55.2 Å². The third-order valence-electron chi connectivity index (χ3n) is 3.17. The van der Waals surface area contributed by atoms with Crippen LogP contribution in [0.3, 0.4) is 0 Å². The highest BCUT2D eigenvalue weighted by Crippen LogP contribution is 2.44. The zero-order valence-electron chi connectivity index (χ0n) is 9.98. The van der Waals surface area contributed by atoms with Gasteiger partial charge in [-0.25, -0.2) is 9.98 Å². The van der Waals surface area contributed by atoms with Crippen LogP contribution in [0.15, 0.2) is 22.1 Å². The van der Waals surface area contributed by atoms with Crippen LogP contribution in [-0.2, 0) is 0 Å². The van der Waals surface area contributed by atoms with Crippen LogP contribution in [0.4, 0.5) is 5.69 Å². The summed E-state index contributed by atoms with van der Waals surface area (Å²) in [6.45, 7) is 0. The average molecular weight is 266 g/mol. The van der Waals surface area contributed by atoms with E-state index in [1.165, 1.54) is 6.34 Å². The lowest BCUT2D eigenvalue weighted by atomic mass is 9.99. The van der Waals surface area contributed by atoms with Crippen molar-refractivity contribution in [1.82, 2.24) is 0 Å². The summed E-state index contributed by atoms with van der Waals surface area (Å²) in [6.07, 6.45) is 1.39. The minimum Gasteiger partial charge on any atom is -0.493 e. The molecular formula is C12H12ClN3O2. The molecule has 0 saturated carbocycles. The second-order valence-electron chi connectivity index (χ2n) is 4.08. The predicted molar refractivity (Wildman–Crippen MR) is 71.5 cm³/mol. The predicted octanol–water partition coefficient (Wildman–Crippen LogP) is 2.22. The number of halogens is 1. The number of nitrogens with one attached hydrogen (secondary N) is 1. The molecular weight excluding hydrogens is 254 g/mol. The second kappa shape index (κ2) is 4.17. The molecule has 3 rings (SSSR count). The van der Waals surface area contributed by atoms with Gasteiger partial charge >= 0.3 is 0 Å². The largest absolute Gasteiger partial charge is 0.493 e. The van der Waals surface area contributed by atoms with E-state index in [-0.39, 0.29) is 12.1 Å². The summed E-state index contributed by atoms with van der Waals surface area (Å²) < 4.78 is 10.6. The number of aliphatic imine (C=N–C) groups is 2. The Morgan fingerprint density at radius 2 is 1.94 bits per heavy atom. The molecule has 2 aliphatic rings. The number of anilines is 1. The van der Waals surface area contributed by atoms with Gasteiger partial charge < -0.3 is 14.8 Å². The molecule has 0 aliphatic carbocycles. The van der Waals surface area contributed by atoms with Crippen LogP contribution in [-0.4, -0.2) is 31.9 Å². The van der Waals surface area contributed by atoms with Crippen molar-refractivity contribution in [3.8, 4) is 11.5 Å². The normalized spacial score (nSPS) is 23.8. The zero-order chi connectivity index (χ0) is 12.7. The molecule has 1 N–H and O–H groups in total.